The summed E-state index contributed by atoms with van der Waals surface area (Å²) >= 11 is 0. The SMILES string of the molecule is COc1cc(C(F)(F)F)nc(NC(=O)NS(=O)(=O)c2ccccc2[N+](=O)[O-])n1.[NaH]. The molecule has 2 N–H and O–H groups in total. The first-order chi connectivity index (χ1) is 12.9. The number of sulfonamides is 1. The summed E-state index contributed by atoms with van der Waals surface area (Å²) in [6, 6.07) is 3.08. The number of urea groups is 1. The van der Waals surface area contributed by atoms with E-state index in [1.165, 1.54) is 16.9 Å². The van der Waals surface area contributed by atoms with Crippen LogP contribution in [0.4, 0.5) is 29.6 Å². The van der Waals surface area contributed by atoms with E-state index in [-0.39, 0.29) is 29.6 Å². The molecule has 16 heteroatoms. The van der Waals surface area contributed by atoms with Crippen molar-refractivity contribution in [3.05, 3.63) is 46.1 Å². The quantitative estimate of drug-likeness (QED) is 0.396. The number of amides is 2. The fraction of sp³-hybridized carbons (Fsp3) is 0.154. The van der Waals surface area contributed by atoms with E-state index in [0.29, 0.717) is 6.07 Å². The molecule has 152 valence electrons. The Labute approximate surface area is 183 Å². The predicted octanol–water partition coefficient (Wildman–Crippen LogP) is 1.27. The topological polar surface area (TPSA) is 153 Å². The van der Waals surface area contributed by atoms with Gasteiger partial charge in [0, 0.05) is 12.1 Å². The van der Waals surface area contributed by atoms with E-state index < -0.39 is 55.3 Å². The Morgan fingerprint density at radius 3 is 2.41 bits per heavy atom. The molecule has 2 aromatic rings. The fourth-order valence-electron chi connectivity index (χ4n) is 1.87. The molecule has 0 spiro atoms. The molecule has 0 aliphatic carbocycles. The molecular formula is C13H11F3N5NaO6S. The molecule has 0 bridgehead atoms. The number of hydrogen-bond donors (Lipinski definition) is 2. The number of nitrogens with one attached hydrogen (secondary N) is 2. The van der Waals surface area contributed by atoms with Crippen molar-refractivity contribution in [3.8, 4) is 5.88 Å². The summed E-state index contributed by atoms with van der Waals surface area (Å²) in [7, 11) is -3.70. The number of methoxy groups -OCH3 is 1. The molecule has 1 heterocycles. The first-order valence-corrected chi connectivity index (χ1v) is 8.50. The van der Waals surface area contributed by atoms with Gasteiger partial charge in [0.25, 0.3) is 15.7 Å². The van der Waals surface area contributed by atoms with Gasteiger partial charge >= 0.3 is 41.8 Å². The molecule has 0 saturated carbocycles. The van der Waals surface area contributed by atoms with Gasteiger partial charge in [-0.15, -0.1) is 0 Å². The van der Waals surface area contributed by atoms with Gasteiger partial charge in [-0.1, -0.05) is 12.1 Å². The minimum atomic E-state index is -4.89. The zero-order valence-electron chi connectivity index (χ0n) is 13.7. The number of carbonyl (C=O) groups is 1. The van der Waals surface area contributed by atoms with Crippen molar-refractivity contribution in [2.24, 2.45) is 0 Å². The number of nitro benzene ring substituents is 1. The number of carbonyl (C=O) groups excluding carboxylic acids is 1. The molecule has 29 heavy (non-hydrogen) atoms. The Balaban J connectivity index is 0.00000420. The summed E-state index contributed by atoms with van der Waals surface area (Å²) in [5.74, 6) is -1.44. The van der Waals surface area contributed by atoms with Crippen LogP contribution >= 0.6 is 0 Å². The van der Waals surface area contributed by atoms with E-state index >= 15 is 0 Å². The van der Waals surface area contributed by atoms with Crippen LogP contribution in [-0.2, 0) is 16.2 Å². The second kappa shape index (κ2) is 9.34. The Morgan fingerprint density at radius 1 is 1.24 bits per heavy atom. The Hall–Kier alpha value is -2.49. The molecule has 0 unspecified atom stereocenters. The summed E-state index contributed by atoms with van der Waals surface area (Å²) in [6.07, 6.45) is -4.89. The number of rotatable bonds is 5. The van der Waals surface area contributed by atoms with Crippen LogP contribution < -0.4 is 14.8 Å². The van der Waals surface area contributed by atoms with E-state index in [1.54, 1.807) is 5.32 Å². The third kappa shape index (κ3) is 6.25. The van der Waals surface area contributed by atoms with E-state index in [2.05, 4.69) is 14.7 Å². The first kappa shape index (κ1) is 24.5. The van der Waals surface area contributed by atoms with E-state index in [9.17, 15) is 36.5 Å². The third-order valence-corrected chi connectivity index (χ3v) is 4.38. The summed E-state index contributed by atoms with van der Waals surface area (Å²) in [5, 5.41) is 12.6. The standard InChI is InChI=1S/C13H10F3N5O6S.Na.H/c1-27-10-6-9(13(14,15)16)17-11(18-10)19-12(22)20-28(25,26)8-5-3-2-4-7(8)21(23)24;;/h2-6H,1H3,(H2,17,18,19,20,22);;. The molecule has 0 atom stereocenters. The second-order valence-corrected chi connectivity index (χ2v) is 6.55. The van der Waals surface area contributed by atoms with Crippen LogP contribution in [0.2, 0.25) is 0 Å². The van der Waals surface area contributed by atoms with Gasteiger partial charge in [-0.2, -0.15) is 18.2 Å². The number of aromatic nitrogens is 2. The normalized spacial score (nSPS) is 11.2. The molecule has 1 aromatic heterocycles. The summed E-state index contributed by atoms with van der Waals surface area (Å²) in [6.45, 7) is 0. The average Bonchev–Trinajstić information content (AvgIpc) is 2.60. The van der Waals surface area contributed by atoms with Crippen LogP contribution in [0, 0.1) is 10.1 Å². The van der Waals surface area contributed by atoms with Gasteiger partial charge < -0.3 is 4.74 Å². The van der Waals surface area contributed by atoms with Gasteiger partial charge in [0.05, 0.1) is 12.0 Å². The maximum atomic E-state index is 12.8. The summed E-state index contributed by atoms with van der Waals surface area (Å²) in [5.41, 5.74) is -2.25. The number of ether oxygens (including phenoxy) is 1. The van der Waals surface area contributed by atoms with Gasteiger partial charge in [-0.25, -0.2) is 22.9 Å². The number of alkyl halides is 3. The number of benzene rings is 1. The molecule has 2 rings (SSSR count). The van der Waals surface area contributed by atoms with Crippen LogP contribution in [0.15, 0.2) is 35.2 Å². The molecule has 0 fully saturated rings. The number of anilines is 1. The van der Waals surface area contributed by atoms with Crippen molar-refractivity contribution >= 4 is 57.2 Å². The van der Waals surface area contributed by atoms with Gasteiger partial charge in [0.15, 0.2) is 10.6 Å². The van der Waals surface area contributed by atoms with Crippen molar-refractivity contribution in [2.75, 3.05) is 12.4 Å². The van der Waals surface area contributed by atoms with Gasteiger partial charge in [0.1, 0.15) is 0 Å². The zero-order valence-corrected chi connectivity index (χ0v) is 14.5. The zero-order chi connectivity index (χ0) is 21.1. The summed E-state index contributed by atoms with van der Waals surface area (Å²) in [4.78, 5) is 27.5. The Bertz CT molecular complexity index is 1030. The molecule has 2 amide bonds. The average molecular weight is 445 g/mol. The predicted molar refractivity (Wildman–Crippen MR) is 93.2 cm³/mol. The number of nitro groups is 1. The molecule has 1 aromatic carbocycles. The number of para-hydroxylation sites is 1. The van der Waals surface area contributed by atoms with Crippen LogP contribution in [0.25, 0.3) is 0 Å². The number of hydrogen-bond acceptors (Lipinski definition) is 8. The van der Waals surface area contributed by atoms with Crippen molar-refractivity contribution in [2.45, 2.75) is 11.1 Å². The van der Waals surface area contributed by atoms with Crippen LogP contribution in [-0.4, -0.2) is 66.0 Å². The molecule has 0 saturated heterocycles. The Morgan fingerprint density at radius 2 is 1.86 bits per heavy atom. The first-order valence-electron chi connectivity index (χ1n) is 7.01. The van der Waals surface area contributed by atoms with Gasteiger partial charge in [-0.05, 0) is 6.07 Å². The molecule has 0 aliphatic heterocycles. The minimum absolute atomic E-state index is 0. The van der Waals surface area contributed by atoms with Crippen LogP contribution in [0.5, 0.6) is 5.88 Å². The number of halogens is 3. The summed E-state index contributed by atoms with van der Waals surface area (Å²) < 4.78 is 68.8. The fourth-order valence-corrected chi connectivity index (χ4v) is 2.95. The monoisotopic (exact) mass is 445 g/mol. The van der Waals surface area contributed by atoms with Crippen molar-refractivity contribution in [1.29, 1.82) is 0 Å². The molecule has 0 radical (unpaired) electrons. The van der Waals surface area contributed by atoms with Crippen molar-refractivity contribution in [1.82, 2.24) is 14.7 Å². The maximum absolute atomic E-state index is 12.8. The van der Waals surface area contributed by atoms with Crippen LogP contribution in [0.1, 0.15) is 5.69 Å². The third-order valence-electron chi connectivity index (χ3n) is 3.01. The van der Waals surface area contributed by atoms with Gasteiger partial charge in [0.2, 0.25) is 11.8 Å². The Kier molecular flexibility index (Phi) is 7.90. The van der Waals surface area contributed by atoms with Crippen LogP contribution in [0.3, 0.4) is 0 Å². The number of nitrogens with zero attached hydrogens (tertiary/aromatic N) is 3. The van der Waals surface area contributed by atoms with Crippen molar-refractivity contribution < 1.29 is 36.0 Å². The molecular weight excluding hydrogens is 434 g/mol. The molecule has 11 nitrogen and oxygen atoms in total. The van der Waals surface area contributed by atoms with E-state index in [1.807, 2.05) is 0 Å². The van der Waals surface area contributed by atoms with E-state index in [0.717, 1.165) is 19.2 Å². The van der Waals surface area contributed by atoms with Gasteiger partial charge in [-0.3, -0.25) is 15.4 Å². The molecule has 0 aliphatic rings. The second-order valence-electron chi connectivity index (χ2n) is 4.90. The van der Waals surface area contributed by atoms with E-state index in [4.69, 9.17) is 0 Å². The van der Waals surface area contributed by atoms with Crippen molar-refractivity contribution in [3.63, 3.8) is 0 Å².